The van der Waals surface area contributed by atoms with Crippen LogP contribution in [0.15, 0.2) is 0 Å². The molecule has 0 unspecified atom stereocenters. The van der Waals surface area contributed by atoms with E-state index >= 15 is 0 Å². The Bertz CT molecular complexity index is 177. The van der Waals surface area contributed by atoms with Gasteiger partial charge in [-0.25, -0.2) is 0 Å². The van der Waals surface area contributed by atoms with E-state index < -0.39 is 37.3 Å². The molecule has 1 rings (SSSR count). The minimum Gasteiger partial charge on any atom is -0.394 e. The summed E-state index contributed by atoms with van der Waals surface area (Å²) in [6, 6.07) is -0.693. The van der Waals surface area contributed by atoms with Gasteiger partial charge >= 0.3 is 0 Å². The Hall–Kier alpha value is -0.240. The van der Waals surface area contributed by atoms with Crippen molar-refractivity contribution in [2.75, 3.05) is 13.2 Å². The molecule has 0 saturated carbocycles. The van der Waals surface area contributed by atoms with Gasteiger partial charge in [0.1, 0.15) is 18.3 Å². The van der Waals surface area contributed by atoms with Crippen LogP contribution in [-0.4, -0.2) is 59.2 Å². The summed E-state index contributed by atoms with van der Waals surface area (Å²) in [6.07, 6.45) is -3.76. The van der Waals surface area contributed by atoms with E-state index in [0.717, 1.165) is 0 Å². The molecule has 0 aliphatic carbocycles. The Morgan fingerprint density at radius 2 is 2.21 bits per heavy atom. The maximum absolute atomic E-state index is 9.55. The van der Waals surface area contributed by atoms with Crippen molar-refractivity contribution in [3.63, 3.8) is 0 Å². The third-order valence-electron chi connectivity index (χ3n) is 2.23. The molecule has 14 heavy (non-hydrogen) atoms. The summed E-state index contributed by atoms with van der Waals surface area (Å²) in [5.74, 6) is 0. The molecule has 0 bridgehead atoms. The van der Waals surface area contributed by atoms with Gasteiger partial charge in [-0.15, -0.1) is 0 Å². The fourth-order valence-corrected chi connectivity index (χ4v) is 1.44. The predicted molar refractivity (Wildman–Crippen MR) is 47.4 cm³/mol. The highest BCUT2D eigenvalue weighted by Crippen LogP contribution is 2.22. The highest BCUT2D eigenvalue weighted by atomic mass is 16.7. The summed E-state index contributed by atoms with van der Waals surface area (Å²) in [4.78, 5) is 0. The monoisotopic (exact) mass is 207 g/mol. The molecule has 0 aromatic rings. The first kappa shape index (κ1) is 11.8. The lowest BCUT2D eigenvalue weighted by molar-refractivity contribution is -0.162. The second-order valence-corrected chi connectivity index (χ2v) is 3.24. The van der Waals surface area contributed by atoms with Gasteiger partial charge in [0.15, 0.2) is 6.29 Å². The van der Waals surface area contributed by atoms with E-state index in [2.05, 4.69) is 0 Å². The standard InChI is InChI=1S/C8H17NO5/c1-2-13-8-5(9)6(12)7(14-8)4(11)3-10/h4-8,10-12H,2-3,9H2,1H3/t4-,5+,6+,7+,8-/m1/s1. The number of aliphatic hydroxyl groups excluding tert-OH is 3. The Morgan fingerprint density at radius 1 is 1.57 bits per heavy atom. The lowest BCUT2D eigenvalue weighted by Crippen LogP contribution is -2.44. The van der Waals surface area contributed by atoms with Gasteiger partial charge in [0.25, 0.3) is 0 Å². The van der Waals surface area contributed by atoms with Crippen LogP contribution in [0.1, 0.15) is 6.92 Å². The molecule has 1 aliphatic rings. The largest absolute Gasteiger partial charge is 0.394 e. The first-order chi connectivity index (χ1) is 6.61. The van der Waals surface area contributed by atoms with E-state index in [-0.39, 0.29) is 0 Å². The minimum absolute atomic E-state index is 0.410. The minimum atomic E-state index is -1.14. The van der Waals surface area contributed by atoms with Crippen LogP contribution in [0.4, 0.5) is 0 Å². The average Bonchev–Trinajstić information content (AvgIpc) is 2.46. The van der Waals surface area contributed by atoms with Crippen molar-refractivity contribution in [1.82, 2.24) is 0 Å². The summed E-state index contributed by atoms with van der Waals surface area (Å²) in [7, 11) is 0. The molecule has 6 heteroatoms. The van der Waals surface area contributed by atoms with Crippen molar-refractivity contribution in [3.8, 4) is 0 Å². The van der Waals surface area contributed by atoms with Gasteiger partial charge in [0.05, 0.1) is 12.6 Å². The van der Waals surface area contributed by atoms with Crippen molar-refractivity contribution in [1.29, 1.82) is 0 Å². The maximum atomic E-state index is 9.55. The van der Waals surface area contributed by atoms with Gasteiger partial charge in [-0.05, 0) is 6.92 Å². The van der Waals surface area contributed by atoms with E-state index in [4.69, 9.17) is 20.3 Å². The van der Waals surface area contributed by atoms with Gasteiger partial charge in [0, 0.05) is 6.61 Å². The second kappa shape index (κ2) is 5.01. The number of hydrogen-bond donors (Lipinski definition) is 4. The molecular formula is C8H17NO5. The Balaban J connectivity index is 2.57. The fourth-order valence-electron chi connectivity index (χ4n) is 1.44. The number of hydrogen-bond acceptors (Lipinski definition) is 6. The molecule has 0 spiro atoms. The smallest absolute Gasteiger partial charge is 0.175 e. The van der Waals surface area contributed by atoms with Gasteiger partial charge < -0.3 is 30.5 Å². The molecule has 5 N–H and O–H groups in total. The lowest BCUT2D eigenvalue weighted by Gasteiger charge is -2.18. The average molecular weight is 207 g/mol. The highest BCUT2D eigenvalue weighted by Gasteiger charge is 2.45. The zero-order valence-electron chi connectivity index (χ0n) is 8.04. The molecule has 1 aliphatic heterocycles. The third kappa shape index (κ3) is 2.22. The molecule has 0 radical (unpaired) electrons. The molecule has 6 nitrogen and oxygen atoms in total. The summed E-state index contributed by atoms with van der Waals surface area (Å²) in [5.41, 5.74) is 5.60. The van der Waals surface area contributed by atoms with Crippen LogP contribution in [0.25, 0.3) is 0 Å². The lowest BCUT2D eigenvalue weighted by atomic mass is 10.1. The Morgan fingerprint density at radius 3 is 2.71 bits per heavy atom. The second-order valence-electron chi connectivity index (χ2n) is 3.24. The quantitative estimate of drug-likeness (QED) is 0.416. The molecule has 84 valence electrons. The van der Waals surface area contributed by atoms with Crippen molar-refractivity contribution in [2.24, 2.45) is 5.73 Å². The highest BCUT2D eigenvalue weighted by molar-refractivity contribution is 4.93. The molecule has 5 atom stereocenters. The van der Waals surface area contributed by atoms with Crippen LogP contribution in [0.2, 0.25) is 0 Å². The molecular weight excluding hydrogens is 190 g/mol. The van der Waals surface area contributed by atoms with Crippen LogP contribution >= 0.6 is 0 Å². The van der Waals surface area contributed by atoms with Crippen molar-refractivity contribution >= 4 is 0 Å². The summed E-state index contributed by atoms with van der Waals surface area (Å²) in [5, 5.41) is 27.5. The van der Waals surface area contributed by atoms with Crippen LogP contribution in [0, 0.1) is 0 Å². The normalized spacial score (nSPS) is 40.1. The van der Waals surface area contributed by atoms with Crippen molar-refractivity contribution < 1.29 is 24.8 Å². The fraction of sp³-hybridized carbons (Fsp3) is 1.00. The zero-order valence-corrected chi connectivity index (χ0v) is 8.04. The van der Waals surface area contributed by atoms with Crippen LogP contribution < -0.4 is 5.73 Å². The van der Waals surface area contributed by atoms with Crippen LogP contribution in [-0.2, 0) is 9.47 Å². The Kier molecular flexibility index (Phi) is 4.24. The topological polar surface area (TPSA) is 105 Å². The third-order valence-corrected chi connectivity index (χ3v) is 2.23. The van der Waals surface area contributed by atoms with Crippen LogP contribution in [0.5, 0.6) is 0 Å². The number of rotatable bonds is 4. The molecule has 0 aromatic carbocycles. The van der Waals surface area contributed by atoms with E-state index in [1.165, 1.54) is 0 Å². The van der Waals surface area contributed by atoms with E-state index in [9.17, 15) is 10.2 Å². The predicted octanol–water partition coefficient (Wildman–Crippen LogP) is -2.21. The molecule has 1 heterocycles. The molecule has 1 fully saturated rings. The summed E-state index contributed by atoms with van der Waals surface area (Å²) in [6.45, 7) is 1.71. The molecule has 1 saturated heterocycles. The van der Waals surface area contributed by atoms with Crippen molar-refractivity contribution in [2.45, 2.75) is 37.6 Å². The summed E-state index contributed by atoms with van der Waals surface area (Å²) < 4.78 is 10.3. The van der Waals surface area contributed by atoms with E-state index in [0.29, 0.717) is 6.61 Å². The first-order valence-corrected chi connectivity index (χ1v) is 4.61. The maximum Gasteiger partial charge on any atom is 0.175 e. The number of nitrogens with two attached hydrogens (primary N) is 1. The van der Waals surface area contributed by atoms with Gasteiger partial charge in [-0.2, -0.15) is 0 Å². The van der Waals surface area contributed by atoms with Gasteiger partial charge in [-0.1, -0.05) is 0 Å². The van der Waals surface area contributed by atoms with Crippen LogP contribution in [0.3, 0.4) is 0 Å². The van der Waals surface area contributed by atoms with E-state index in [1.54, 1.807) is 6.92 Å². The number of aliphatic hydroxyl groups is 3. The summed E-state index contributed by atoms with van der Waals surface area (Å²) >= 11 is 0. The molecule has 0 aromatic heterocycles. The van der Waals surface area contributed by atoms with Gasteiger partial charge in [0.2, 0.25) is 0 Å². The Labute approximate surface area is 82.2 Å². The molecule has 0 amide bonds. The zero-order chi connectivity index (χ0) is 10.7. The number of ether oxygens (including phenoxy) is 2. The van der Waals surface area contributed by atoms with Gasteiger partial charge in [-0.3, -0.25) is 0 Å². The SMILES string of the molecule is CCO[C@@H]1O[C@@H]([C@H](O)CO)[C@@H](O)[C@@H]1N. The van der Waals surface area contributed by atoms with Crippen molar-refractivity contribution in [3.05, 3.63) is 0 Å². The van der Waals surface area contributed by atoms with E-state index in [1.807, 2.05) is 0 Å². The first-order valence-electron chi connectivity index (χ1n) is 4.61.